The molecule has 0 saturated carbocycles. The van der Waals surface area contributed by atoms with Crippen LogP contribution >= 0.6 is 0 Å². The first-order valence-corrected chi connectivity index (χ1v) is 6.44. The minimum atomic E-state index is -4.34. The van der Waals surface area contributed by atoms with E-state index in [4.69, 9.17) is 0 Å². The van der Waals surface area contributed by atoms with Gasteiger partial charge < -0.3 is 0 Å². The average Bonchev–Trinajstić information content (AvgIpc) is 2.37. The molecular weight excluding hydrogens is 282 g/mol. The average molecular weight is 297 g/mol. The third-order valence-electron chi connectivity index (χ3n) is 3.05. The van der Waals surface area contributed by atoms with Crippen molar-refractivity contribution in [2.75, 3.05) is 7.05 Å². The molecule has 0 unspecified atom stereocenters. The van der Waals surface area contributed by atoms with Crippen LogP contribution in [0.4, 0.5) is 17.6 Å². The van der Waals surface area contributed by atoms with Crippen molar-refractivity contribution in [3.05, 3.63) is 71.0 Å². The molecular formula is C16H15F4N. The van der Waals surface area contributed by atoms with Crippen molar-refractivity contribution in [3.8, 4) is 0 Å². The first-order valence-electron chi connectivity index (χ1n) is 6.44. The molecule has 0 fully saturated rings. The Balaban J connectivity index is 2.04. The standard InChI is InChI=1S/C16H15F4N/c1-21(11-13-5-3-7-15(17)9-13)10-12-4-2-6-14(8-12)16(18,19)20/h2-9H,10-11H2,1H3. The van der Waals surface area contributed by atoms with E-state index in [2.05, 4.69) is 0 Å². The third kappa shape index (κ3) is 4.56. The molecule has 112 valence electrons. The molecule has 0 aliphatic carbocycles. The molecule has 0 spiro atoms. The topological polar surface area (TPSA) is 3.24 Å². The van der Waals surface area contributed by atoms with E-state index in [9.17, 15) is 17.6 Å². The molecule has 0 saturated heterocycles. The maximum atomic E-state index is 13.1. The second-order valence-electron chi connectivity index (χ2n) is 5.00. The zero-order valence-corrected chi connectivity index (χ0v) is 11.5. The van der Waals surface area contributed by atoms with Crippen LogP contribution in [-0.4, -0.2) is 11.9 Å². The molecule has 1 nitrogen and oxygen atoms in total. The van der Waals surface area contributed by atoms with E-state index >= 15 is 0 Å². The van der Waals surface area contributed by atoms with Gasteiger partial charge in [0.1, 0.15) is 5.82 Å². The molecule has 0 heterocycles. The van der Waals surface area contributed by atoms with Crippen LogP contribution in [0, 0.1) is 5.82 Å². The van der Waals surface area contributed by atoms with Gasteiger partial charge in [-0.2, -0.15) is 13.2 Å². The lowest BCUT2D eigenvalue weighted by Crippen LogP contribution is -2.17. The second kappa shape index (κ2) is 6.26. The van der Waals surface area contributed by atoms with E-state index in [1.165, 1.54) is 18.2 Å². The second-order valence-corrected chi connectivity index (χ2v) is 5.00. The number of hydrogen-bond donors (Lipinski definition) is 0. The van der Waals surface area contributed by atoms with Gasteiger partial charge in [0, 0.05) is 13.1 Å². The van der Waals surface area contributed by atoms with E-state index in [0.29, 0.717) is 18.7 Å². The highest BCUT2D eigenvalue weighted by molar-refractivity contribution is 5.25. The summed E-state index contributed by atoms with van der Waals surface area (Å²) in [5, 5.41) is 0. The summed E-state index contributed by atoms with van der Waals surface area (Å²) in [5.74, 6) is -0.319. The fourth-order valence-electron chi connectivity index (χ4n) is 2.16. The van der Waals surface area contributed by atoms with E-state index in [1.807, 2.05) is 4.90 Å². The first kappa shape index (κ1) is 15.5. The largest absolute Gasteiger partial charge is 0.416 e. The highest BCUT2D eigenvalue weighted by atomic mass is 19.4. The van der Waals surface area contributed by atoms with E-state index < -0.39 is 11.7 Å². The Labute approximate surface area is 120 Å². The molecule has 0 aliphatic rings. The molecule has 0 aromatic heterocycles. The summed E-state index contributed by atoms with van der Waals surface area (Å²) < 4.78 is 51.0. The van der Waals surface area contributed by atoms with Crippen LogP contribution in [0.3, 0.4) is 0 Å². The number of alkyl halides is 3. The van der Waals surface area contributed by atoms with Crippen molar-refractivity contribution in [1.82, 2.24) is 4.90 Å². The Bertz CT molecular complexity index is 607. The van der Waals surface area contributed by atoms with Gasteiger partial charge in [0.05, 0.1) is 5.56 Å². The van der Waals surface area contributed by atoms with Gasteiger partial charge in [-0.3, -0.25) is 4.90 Å². The van der Waals surface area contributed by atoms with Gasteiger partial charge in [0.15, 0.2) is 0 Å². The molecule has 0 aliphatic heterocycles. The molecule has 5 heteroatoms. The van der Waals surface area contributed by atoms with E-state index in [-0.39, 0.29) is 5.82 Å². The Morgan fingerprint density at radius 3 is 2.05 bits per heavy atom. The zero-order chi connectivity index (χ0) is 15.5. The Morgan fingerprint density at radius 1 is 0.905 bits per heavy atom. The molecule has 0 radical (unpaired) electrons. The van der Waals surface area contributed by atoms with Crippen molar-refractivity contribution in [3.63, 3.8) is 0 Å². The summed E-state index contributed by atoms with van der Waals surface area (Å²) in [5.41, 5.74) is 0.701. The Kier molecular flexibility index (Phi) is 4.63. The number of hydrogen-bond acceptors (Lipinski definition) is 1. The third-order valence-corrected chi connectivity index (χ3v) is 3.05. The molecule has 2 aromatic carbocycles. The van der Waals surface area contributed by atoms with Crippen molar-refractivity contribution < 1.29 is 17.6 Å². The SMILES string of the molecule is CN(Cc1cccc(F)c1)Cc1cccc(C(F)(F)F)c1. The first-order chi connectivity index (χ1) is 9.84. The van der Waals surface area contributed by atoms with E-state index in [0.717, 1.165) is 17.7 Å². The van der Waals surface area contributed by atoms with Gasteiger partial charge in [-0.15, -0.1) is 0 Å². The smallest absolute Gasteiger partial charge is 0.298 e. The molecule has 2 rings (SSSR count). The van der Waals surface area contributed by atoms with Gasteiger partial charge in [0.25, 0.3) is 0 Å². The lowest BCUT2D eigenvalue weighted by Gasteiger charge is -2.17. The summed E-state index contributed by atoms with van der Waals surface area (Å²) in [4.78, 5) is 1.84. The lowest BCUT2D eigenvalue weighted by atomic mass is 10.1. The van der Waals surface area contributed by atoms with E-state index in [1.54, 1.807) is 25.2 Å². The molecule has 0 atom stereocenters. The summed E-state index contributed by atoms with van der Waals surface area (Å²) in [7, 11) is 1.78. The minimum Gasteiger partial charge on any atom is -0.298 e. The molecule has 0 bridgehead atoms. The number of rotatable bonds is 4. The summed E-state index contributed by atoms with van der Waals surface area (Å²) in [6.07, 6.45) is -4.34. The highest BCUT2D eigenvalue weighted by Gasteiger charge is 2.30. The lowest BCUT2D eigenvalue weighted by molar-refractivity contribution is -0.137. The van der Waals surface area contributed by atoms with Gasteiger partial charge in [0.2, 0.25) is 0 Å². The van der Waals surface area contributed by atoms with Crippen LogP contribution < -0.4 is 0 Å². The highest BCUT2D eigenvalue weighted by Crippen LogP contribution is 2.29. The summed E-state index contributed by atoms with van der Waals surface area (Å²) in [6.45, 7) is 0.828. The summed E-state index contributed by atoms with van der Waals surface area (Å²) in [6, 6.07) is 11.4. The molecule has 2 aromatic rings. The maximum absolute atomic E-state index is 13.1. The molecule has 0 N–H and O–H groups in total. The van der Waals surface area contributed by atoms with Gasteiger partial charge in [-0.1, -0.05) is 30.3 Å². The Morgan fingerprint density at radius 2 is 1.48 bits per heavy atom. The van der Waals surface area contributed by atoms with Crippen molar-refractivity contribution in [2.45, 2.75) is 19.3 Å². The fourth-order valence-corrected chi connectivity index (χ4v) is 2.16. The number of benzene rings is 2. The van der Waals surface area contributed by atoms with Crippen LogP contribution in [-0.2, 0) is 19.3 Å². The fraction of sp³-hybridized carbons (Fsp3) is 0.250. The van der Waals surface area contributed by atoms with Crippen molar-refractivity contribution >= 4 is 0 Å². The monoisotopic (exact) mass is 297 g/mol. The predicted molar refractivity (Wildman–Crippen MR) is 73.0 cm³/mol. The predicted octanol–water partition coefficient (Wildman–Crippen LogP) is 4.48. The number of halogens is 4. The van der Waals surface area contributed by atoms with Crippen LogP contribution in [0.1, 0.15) is 16.7 Å². The van der Waals surface area contributed by atoms with Crippen LogP contribution in [0.2, 0.25) is 0 Å². The zero-order valence-electron chi connectivity index (χ0n) is 11.5. The van der Waals surface area contributed by atoms with Gasteiger partial charge in [-0.05, 0) is 36.4 Å². The van der Waals surface area contributed by atoms with Gasteiger partial charge in [-0.25, -0.2) is 4.39 Å². The Hall–Kier alpha value is -1.88. The molecule has 0 amide bonds. The van der Waals surface area contributed by atoms with Crippen LogP contribution in [0.15, 0.2) is 48.5 Å². The minimum absolute atomic E-state index is 0.319. The van der Waals surface area contributed by atoms with Crippen molar-refractivity contribution in [1.29, 1.82) is 0 Å². The molecule has 21 heavy (non-hydrogen) atoms. The maximum Gasteiger partial charge on any atom is 0.416 e. The van der Waals surface area contributed by atoms with Gasteiger partial charge >= 0.3 is 6.18 Å². The summed E-state index contributed by atoms with van der Waals surface area (Å²) >= 11 is 0. The van der Waals surface area contributed by atoms with Crippen molar-refractivity contribution in [2.24, 2.45) is 0 Å². The van der Waals surface area contributed by atoms with Crippen LogP contribution in [0.25, 0.3) is 0 Å². The quantitative estimate of drug-likeness (QED) is 0.752. The normalized spacial score (nSPS) is 11.9. The number of nitrogens with zero attached hydrogens (tertiary/aromatic N) is 1. The van der Waals surface area contributed by atoms with Crippen LogP contribution in [0.5, 0.6) is 0 Å².